The number of hydrogen-bond acceptors (Lipinski definition) is 7. The molecule has 4 amide bonds. The second-order valence-electron chi connectivity index (χ2n) is 10.3. The first-order chi connectivity index (χ1) is 19.3. The molecule has 41 heavy (non-hydrogen) atoms. The van der Waals surface area contributed by atoms with E-state index in [1.165, 1.54) is 19.1 Å². The number of phenolic OH excluding ortho intramolecular Hbond substituents is 1. The van der Waals surface area contributed by atoms with E-state index in [1.54, 1.807) is 42.5 Å². The lowest BCUT2D eigenvalue weighted by molar-refractivity contribution is -0.142. The highest BCUT2D eigenvalue weighted by Gasteiger charge is 2.28. The molecule has 0 radical (unpaired) electrons. The maximum absolute atomic E-state index is 13.0. The molecule has 0 aromatic heterocycles. The smallest absolute Gasteiger partial charge is 0.326 e. The van der Waals surface area contributed by atoms with Crippen molar-refractivity contribution in [1.29, 1.82) is 0 Å². The van der Waals surface area contributed by atoms with Crippen LogP contribution in [0.2, 0.25) is 0 Å². The highest BCUT2D eigenvalue weighted by molar-refractivity contribution is 5.94. The van der Waals surface area contributed by atoms with Crippen LogP contribution < -0.4 is 27.0 Å². The summed E-state index contributed by atoms with van der Waals surface area (Å²) in [7, 11) is 0. The Hall–Kier alpha value is -4.45. The second kappa shape index (κ2) is 16.0. The number of phenols is 1. The zero-order valence-corrected chi connectivity index (χ0v) is 23.4. The summed E-state index contributed by atoms with van der Waals surface area (Å²) in [6.07, 6.45) is 0.505. The Bertz CT molecular complexity index is 1190. The Morgan fingerprint density at radius 1 is 0.756 bits per heavy atom. The van der Waals surface area contributed by atoms with Crippen molar-refractivity contribution in [3.63, 3.8) is 0 Å². The van der Waals surface area contributed by atoms with Crippen molar-refractivity contribution in [2.24, 2.45) is 11.7 Å². The van der Waals surface area contributed by atoms with Crippen LogP contribution in [-0.4, -0.2) is 70.5 Å². The van der Waals surface area contributed by atoms with Crippen molar-refractivity contribution in [1.82, 2.24) is 21.3 Å². The first-order valence-electron chi connectivity index (χ1n) is 13.3. The quantitative estimate of drug-likeness (QED) is 0.158. The van der Waals surface area contributed by atoms with Gasteiger partial charge in [0, 0.05) is 6.42 Å². The molecule has 0 aliphatic rings. The number of carboxylic acid groups (broad SMARTS) is 1. The van der Waals surface area contributed by atoms with E-state index in [2.05, 4.69) is 21.3 Å². The summed E-state index contributed by atoms with van der Waals surface area (Å²) in [5, 5.41) is 28.8. The first kappa shape index (κ1) is 32.8. The molecule has 2 unspecified atom stereocenters. The zero-order valence-electron chi connectivity index (χ0n) is 23.4. The predicted octanol–water partition coefficient (Wildman–Crippen LogP) is 0.226. The lowest BCUT2D eigenvalue weighted by Crippen LogP contribution is -2.55. The number of carbonyl (C=O) groups is 5. The summed E-state index contributed by atoms with van der Waals surface area (Å²) >= 11 is 0. The lowest BCUT2D eigenvalue weighted by Gasteiger charge is -2.23. The van der Waals surface area contributed by atoms with Crippen molar-refractivity contribution in [3.05, 3.63) is 65.7 Å². The first-order valence-corrected chi connectivity index (χ1v) is 13.3. The summed E-state index contributed by atoms with van der Waals surface area (Å²) in [6.45, 7) is 4.62. The Kier molecular flexibility index (Phi) is 12.8. The molecule has 2 aromatic rings. The average molecular weight is 570 g/mol. The SMILES string of the molecule is CC(C)CC(NC(=O)C(Cc1ccccc1)NC(=O)CNC(=O)[C@@H](C)NC(=O)[C@@H](N)Cc1ccc(O)cc1)C(=O)O. The third-order valence-corrected chi connectivity index (χ3v) is 6.16. The van der Waals surface area contributed by atoms with E-state index >= 15 is 0 Å². The minimum atomic E-state index is -1.18. The van der Waals surface area contributed by atoms with Crippen molar-refractivity contribution in [3.8, 4) is 5.75 Å². The Labute approximate surface area is 239 Å². The number of aromatic hydroxyl groups is 1. The largest absolute Gasteiger partial charge is 0.508 e. The molecule has 0 spiro atoms. The third kappa shape index (κ3) is 11.7. The van der Waals surface area contributed by atoms with Gasteiger partial charge in [-0.25, -0.2) is 4.79 Å². The van der Waals surface area contributed by atoms with Crippen LogP contribution in [-0.2, 0) is 36.8 Å². The summed E-state index contributed by atoms with van der Waals surface area (Å²) in [6, 6.07) is 11.0. The minimum absolute atomic E-state index is 0.0126. The summed E-state index contributed by atoms with van der Waals surface area (Å²) in [5.41, 5.74) is 7.41. The third-order valence-electron chi connectivity index (χ3n) is 6.16. The fourth-order valence-electron chi connectivity index (χ4n) is 3.95. The predicted molar refractivity (Wildman–Crippen MR) is 151 cm³/mol. The number of nitrogens with one attached hydrogen (secondary N) is 4. The van der Waals surface area contributed by atoms with Crippen molar-refractivity contribution >= 4 is 29.6 Å². The van der Waals surface area contributed by atoms with Gasteiger partial charge in [-0.15, -0.1) is 0 Å². The van der Waals surface area contributed by atoms with Gasteiger partial charge in [-0.05, 0) is 48.9 Å². The van der Waals surface area contributed by atoms with Gasteiger partial charge in [-0.1, -0.05) is 56.3 Å². The highest BCUT2D eigenvalue weighted by atomic mass is 16.4. The van der Waals surface area contributed by atoms with E-state index in [1.807, 2.05) is 13.8 Å². The fraction of sp³-hybridized carbons (Fsp3) is 0.414. The standard InChI is InChI=1S/C29H39N5O7/c1-17(2)13-24(29(40)41)34-28(39)23(15-19-7-5-4-6-8-19)33-25(36)16-31-26(37)18(3)32-27(38)22(30)14-20-9-11-21(35)12-10-20/h4-12,17-18,22-24,35H,13-16,30H2,1-3H3,(H,31,37)(H,32,38)(H,33,36)(H,34,39)(H,40,41)/t18-,22+,23?,24?/m1/s1. The summed E-state index contributed by atoms with van der Waals surface area (Å²) in [4.78, 5) is 62.3. The second-order valence-corrected chi connectivity index (χ2v) is 10.3. The van der Waals surface area contributed by atoms with Gasteiger partial charge in [0.05, 0.1) is 12.6 Å². The van der Waals surface area contributed by atoms with Gasteiger partial charge in [-0.3, -0.25) is 19.2 Å². The number of carbonyl (C=O) groups excluding carboxylic acids is 4. The maximum atomic E-state index is 13.0. The van der Waals surface area contributed by atoms with Crippen LogP contribution in [0.3, 0.4) is 0 Å². The van der Waals surface area contributed by atoms with Gasteiger partial charge in [-0.2, -0.15) is 0 Å². The van der Waals surface area contributed by atoms with Crippen LogP contribution >= 0.6 is 0 Å². The van der Waals surface area contributed by atoms with Gasteiger partial charge < -0.3 is 37.2 Å². The zero-order chi connectivity index (χ0) is 30.5. The molecule has 12 nitrogen and oxygen atoms in total. The van der Waals surface area contributed by atoms with Gasteiger partial charge in [0.2, 0.25) is 23.6 Å². The van der Waals surface area contributed by atoms with Gasteiger partial charge in [0.25, 0.3) is 0 Å². The van der Waals surface area contributed by atoms with E-state index in [4.69, 9.17) is 5.73 Å². The molecule has 12 heteroatoms. The Morgan fingerprint density at radius 2 is 1.37 bits per heavy atom. The number of nitrogens with two attached hydrogens (primary N) is 1. The van der Waals surface area contributed by atoms with E-state index < -0.39 is 60.3 Å². The monoisotopic (exact) mass is 569 g/mol. The van der Waals surface area contributed by atoms with Crippen LogP contribution in [0.15, 0.2) is 54.6 Å². The van der Waals surface area contributed by atoms with Crippen LogP contribution in [0.4, 0.5) is 0 Å². The molecule has 0 saturated carbocycles. The minimum Gasteiger partial charge on any atom is -0.508 e. The topological polar surface area (TPSA) is 200 Å². The molecule has 2 rings (SSSR count). The number of aliphatic carboxylic acids is 1. The lowest BCUT2D eigenvalue weighted by atomic mass is 10.0. The van der Waals surface area contributed by atoms with Crippen LogP contribution in [0, 0.1) is 5.92 Å². The maximum Gasteiger partial charge on any atom is 0.326 e. The molecule has 222 valence electrons. The van der Waals surface area contributed by atoms with Crippen molar-refractivity contribution < 1.29 is 34.2 Å². The molecular formula is C29H39N5O7. The van der Waals surface area contributed by atoms with Crippen LogP contribution in [0.1, 0.15) is 38.3 Å². The van der Waals surface area contributed by atoms with Crippen LogP contribution in [0.5, 0.6) is 5.75 Å². The van der Waals surface area contributed by atoms with Gasteiger partial charge in [0.15, 0.2) is 0 Å². The molecule has 0 aliphatic heterocycles. The van der Waals surface area contributed by atoms with E-state index in [0.29, 0.717) is 0 Å². The number of benzene rings is 2. The molecule has 0 aliphatic carbocycles. The number of amides is 4. The van der Waals surface area contributed by atoms with E-state index in [0.717, 1.165) is 11.1 Å². The molecular weight excluding hydrogens is 530 g/mol. The molecule has 4 atom stereocenters. The van der Waals surface area contributed by atoms with Crippen molar-refractivity contribution in [2.75, 3.05) is 6.54 Å². The molecule has 8 N–H and O–H groups in total. The normalized spacial score (nSPS) is 13.8. The Morgan fingerprint density at radius 3 is 1.95 bits per heavy atom. The molecule has 0 saturated heterocycles. The van der Waals surface area contributed by atoms with Crippen molar-refractivity contribution in [2.45, 2.75) is 64.2 Å². The fourth-order valence-corrected chi connectivity index (χ4v) is 3.95. The number of hydrogen-bond donors (Lipinski definition) is 7. The van der Waals surface area contributed by atoms with Gasteiger partial charge in [0.1, 0.15) is 23.9 Å². The summed E-state index contributed by atoms with van der Waals surface area (Å²) < 4.78 is 0. The van der Waals surface area contributed by atoms with Gasteiger partial charge >= 0.3 is 5.97 Å². The molecule has 0 heterocycles. The average Bonchev–Trinajstić information content (AvgIpc) is 2.92. The number of carboxylic acids is 1. The summed E-state index contributed by atoms with van der Waals surface area (Å²) in [5.74, 6) is -3.63. The molecule has 0 bridgehead atoms. The van der Waals surface area contributed by atoms with E-state index in [9.17, 15) is 34.2 Å². The highest BCUT2D eigenvalue weighted by Crippen LogP contribution is 2.11. The molecule has 2 aromatic carbocycles. The van der Waals surface area contributed by atoms with E-state index in [-0.39, 0.29) is 30.9 Å². The Balaban J connectivity index is 1.94. The molecule has 0 fully saturated rings. The number of rotatable bonds is 15. The van der Waals surface area contributed by atoms with Crippen LogP contribution in [0.25, 0.3) is 0 Å².